The molecule has 2 rings (SSSR count). The van der Waals surface area contributed by atoms with Gasteiger partial charge in [-0.3, -0.25) is 0 Å². The van der Waals surface area contributed by atoms with Crippen LogP contribution in [0.15, 0.2) is 18.2 Å². The fourth-order valence-corrected chi connectivity index (χ4v) is 2.15. The van der Waals surface area contributed by atoms with Crippen molar-refractivity contribution in [3.05, 3.63) is 29.8 Å². The first-order valence-corrected chi connectivity index (χ1v) is 6.21. The van der Waals surface area contributed by atoms with Crippen LogP contribution in [0.4, 0.5) is 17.6 Å². The molecule has 0 amide bonds. The van der Waals surface area contributed by atoms with Gasteiger partial charge in [-0.2, -0.15) is 13.2 Å². The van der Waals surface area contributed by atoms with Gasteiger partial charge < -0.3 is 4.57 Å². The predicted molar refractivity (Wildman–Crippen MR) is 64.5 cm³/mol. The van der Waals surface area contributed by atoms with Crippen molar-refractivity contribution in [1.29, 1.82) is 0 Å². The van der Waals surface area contributed by atoms with Gasteiger partial charge in [-0.1, -0.05) is 0 Å². The molecule has 7 heteroatoms. The zero-order chi connectivity index (χ0) is 14.0. The van der Waals surface area contributed by atoms with E-state index in [2.05, 4.69) is 4.98 Å². The van der Waals surface area contributed by atoms with E-state index in [1.54, 1.807) is 4.57 Å². The van der Waals surface area contributed by atoms with Crippen LogP contribution in [0.3, 0.4) is 0 Å². The first kappa shape index (κ1) is 14.1. The lowest BCUT2D eigenvalue weighted by molar-refractivity contribution is -0.135. The fourth-order valence-electron chi connectivity index (χ4n) is 1.94. The Kier molecular flexibility index (Phi) is 3.99. The Bertz CT molecular complexity index is 577. The maximum absolute atomic E-state index is 13.1. The fraction of sp³-hybridized carbons (Fsp3) is 0.417. The SMILES string of the molecule is Fc1ccc2c(c1)nc(CCl)n2CCCC(F)(F)F. The van der Waals surface area contributed by atoms with Gasteiger partial charge in [0, 0.05) is 19.0 Å². The number of rotatable bonds is 4. The summed E-state index contributed by atoms with van der Waals surface area (Å²) in [6, 6.07) is 4.00. The number of alkyl halides is 4. The highest BCUT2D eigenvalue weighted by atomic mass is 35.5. The lowest BCUT2D eigenvalue weighted by Crippen LogP contribution is -2.10. The second-order valence-corrected chi connectivity index (χ2v) is 4.43. The largest absolute Gasteiger partial charge is 0.389 e. The number of fused-ring (bicyclic) bond motifs is 1. The summed E-state index contributed by atoms with van der Waals surface area (Å²) in [5, 5.41) is 0. The van der Waals surface area contributed by atoms with Gasteiger partial charge in [0.05, 0.1) is 16.9 Å². The number of benzene rings is 1. The predicted octanol–water partition coefficient (Wildman–Crippen LogP) is 4.26. The standard InChI is InChI=1S/C12H11ClF4N2/c13-7-11-18-9-6-8(14)2-3-10(9)19(11)5-1-4-12(15,16)17/h2-3,6H,1,4-5,7H2. The van der Waals surface area contributed by atoms with Crippen LogP contribution in [0.2, 0.25) is 0 Å². The first-order chi connectivity index (χ1) is 8.90. The van der Waals surface area contributed by atoms with Gasteiger partial charge in [-0.15, -0.1) is 11.6 Å². The van der Waals surface area contributed by atoms with E-state index in [0.717, 1.165) is 0 Å². The minimum atomic E-state index is -4.18. The molecule has 0 N–H and O–H groups in total. The quantitative estimate of drug-likeness (QED) is 0.608. The molecule has 0 aliphatic carbocycles. The first-order valence-electron chi connectivity index (χ1n) is 5.68. The van der Waals surface area contributed by atoms with Crippen molar-refractivity contribution in [3.8, 4) is 0 Å². The lowest BCUT2D eigenvalue weighted by atomic mass is 10.2. The molecule has 0 aliphatic heterocycles. The van der Waals surface area contributed by atoms with Gasteiger partial charge in [0.1, 0.15) is 11.6 Å². The van der Waals surface area contributed by atoms with Crippen LogP contribution in [0.25, 0.3) is 11.0 Å². The summed E-state index contributed by atoms with van der Waals surface area (Å²) in [4.78, 5) is 4.12. The Morgan fingerprint density at radius 3 is 2.63 bits per heavy atom. The summed E-state index contributed by atoms with van der Waals surface area (Å²) >= 11 is 5.71. The number of aromatic nitrogens is 2. The molecule has 19 heavy (non-hydrogen) atoms. The molecule has 0 fully saturated rings. The molecule has 0 atom stereocenters. The Hall–Kier alpha value is -1.30. The average Bonchev–Trinajstić information content (AvgIpc) is 2.65. The smallest absolute Gasteiger partial charge is 0.327 e. The van der Waals surface area contributed by atoms with Crippen LogP contribution in [0.5, 0.6) is 0 Å². The topological polar surface area (TPSA) is 17.8 Å². The molecule has 2 nitrogen and oxygen atoms in total. The molecule has 104 valence electrons. The van der Waals surface area contributed by atoms with Crippen molar-refractivity contribution in [2.75, 3.05) is 0 Å². The van der Waals surface area contributed by atoms with Crippen molar-refractivity contribution in [1.82, 2.24) is 9.55 Å². The molecule has 1 aromatic heterocycles. The monoisotopic (exact) mass is 294 g/mol. The highest BCUT2D eigenvalue weighted by molar-refractivity contribution is 6.16. The molecule has 0 aliphatic rings. The molecule has 0 radical (unpaired) electrons. The summed E-state index contributed by atoms with van der Waals surface area (Å²) in [5.74, 6) is 0.0838. The molecule has 0 saturated heterocycles. The zero-order valence-electron chi connectivity index (χ0n) is 9.84. The van der Waals surface area contributed by atoms with E-state index in [9.17, 15) is 17.6 Å². The van der Waals surface area contributed by atoms with Crippen molar-refractivity contribution in [2.45, 2.75) is 31.4 Å². The normalized spacial score (nSPS) is 12.3. The van der Waals surface area contributed by atoms with Crippen LogP contribution in [0, 0.1) is 5.82 Å². The summed E-state index contributed by atoms with van der Waals surface area (Å²) in [7, 11) is 0. The molecule has 0 bridgehead atoms. The summed E-state index contributed by atoms with van der Waals surface area (Å²) in [6.45, 7) is 0.156. The van der Waals surface area contributed by atoms with Crippen LogP contribution in [0.1, 0.15) is 18.7 Å². The molecule has 0 saturated carbocycles. The number of aryl methyl sites for hydroxylation is 1. The van der Waals surface area contributed by atoms with Crippen molar-refractivity contribution in [3.63, 3.8) is 0 Å². The number of nitrogens with zero attached hydrogens (tertiary/aromatic N) is 2. The van der Waals surface area contributed by atoms with Gasteiger partial charge in [-0.05, 0) is 18.6 Å². The number of imidazole rings is 1. The average molecular weight is 295 g/mol. The number of halogens is 5. The molecule has 1 heterocycles. The van der Waals surface area contributed by atoms with Crippen LogP contribution >= 0.6 is 11.6 Å². The third-order valence-corrected chi connectivity index (χ3v) is 2.99. The second-order valence-electron chi connectivity index (χ2n) is 4.17. The van der Waals surface area contributed by atoms with Crippen LogP contribution < -0.4 is 0 Å². The van der Waals surface area contributed by atoms with Crippen LogP contribution in [-0.2, 0) is 12.4 Å². The van der Waals surface area contributed by atoms with Crippen LogP contribution in [-0.4, -0.2) is 15.7 Å². The van der Waals surface area contributed by atoms with E-state index in [-0.39, 0.29) is 18.8 Å². The molecule has 1 aromatic carbocycles. The maximum atomic E-state index is 13.1. The van der Waals surface area contributed by atoms with E-state index < -0.39 is 18.4 Å². The maximum Gasteiger partial charge on any atom is 0.389 e. The zero-order valence-corrected chi connectivity index (χ0v) is 10.6. The van der Waals surface area contributed by atoms with E-state index in [1.165, 1.54) is 18.2 Å². The van der Waals surface area contributed by atoms with Gasteiger partial charge in [0.25, 0.3) is 0 Å². The van der Waals surface area contributed by atoms with E-state index in [1.807, 2.05) is 0 Å². The number of hydrogen-bond acceptors (Lipinski definition) is 1. The third kappa shape index (κ3) is 3.37. The van der Waals surface area contributed by atoms with E-state index in [4.69, 9.17) is 11.6 Å². The van der Waals surface area contributed by atoms with Gasteiger partial charge in [-0.25, -0.2) is 9.37 Å². The highest BCUT2D eigenvalue weighted by Gasteiger charge is 2.26. The number of hydrogen-bond donors (Lipinski definition) is 0. The molecular formula is C12H11ClF4N2. The minimum absolute atomic E-state index is 0.0593. The van der Waals surface area contributed by atoms with Crippen molar-refractivity contribution < 1.29 is 17.6 Å². The lowest BCUT2D eigenvalue weighted by Gasteiger charge is -2.09. The molecule has 2 aromatic rings. The molecular weight excluding hydrogens is 284 g/mol. The van der Waals surface area contributed by atoms with Gasteiger partial charge >= 0.3 is 6.18 Å². The van der Waals surface area contributed by atoms with E-state index >= 15 is 0 Å². The van der Waals surface area contributed by atoms with Crippen molar-refractivity contribution >= 4 is 22.6 Å². The second kappa shape index (κ2) is 5.36. The third-order valence-electron chi connectivity index (χ3n) is 2.75. The van der Waals surface area contributed by atoms with E-state index in [0.29, 0.717) is 16.9 Å². The Morgan fingerprint density at radius 1 is 1.26 bits per heavy atom. The molecule has 0 spiro atoms. The summed E-state index contributed by atoms with van der Waals surface area (Å²) < 4.78 is 51.1. The van der Waals surface area contributed by atoms with Gasteiger partial charge in [0.15, 0.2) is 0 Å². The Morgan fingerprint density at radius 2 is 2.00 bits per heavy atom. The minimum Gasteiger partial charge on any atom is -0.327 e. The summed E-state index contributed by atoms with van der Waals surface area (Å²) in [6.07, 6.45) is -5.10. The Balaban J connectivity index is 2.25. The molecule has 0 unspecified atom stereocenters. The highest BCUT2D eigenvalue weighted by Crippen LogP contribution is 2.24. The summed E-state index contributed by atoms with van der Waals surface area (Å²) in [5.41, 5.74) is 1.00. The van der Waals surface area contributed by atoms with Gasteiger partial charge in [0.2, 0.25) is 0 Å². The van der Waals surface area contributed by atoms with Crippen molar-refractivity contribution in [2.24, 2.45) is 0 Å². The Labute approximate surface area is 112 Å².